The van der Waals surface area contributed by atoms with E-state index >= 15 is 0 Å². The van der Waals surface area contributed by atoms with Crippen LogP contribution in [0.3, 0.4) is 0 Å². The summed E-state index contributed by atoms with van der Waals surface area (Å²) in [4.78, 5) is 39.8. The van der Waals surface area contributed by atoms with Crippen molar-refractivity contribution >= 4 is 17.8 Å². The Kier molecular flexibility index (Phi) is 7.37. The van der Waals surface area contributed by atoms with E-state index in [1.54, 1.807) is 13.8 Å². The first kappa shape index (κ1) is 26.8. The number of hydrogen-bond donors (Lipinski definition) is 0. The molecule has 4 unspecified atom stereocenters. The highest BCUT2D eigenvalue weighted by Crippen LogP contribution is 2.68. The van der Waals surface area contributed by atoms with Gasteiger partial charge in [0.05, 0.1) is 6.61 Å². The number of carbonyl (C=O) groups excluding carboxylic acids is 2. The summed E-state index contributed by atoms with van der Waals surface area (Å²) in [5, 5.41) is 11.9. The highest BCUT2D eigenvalue weighted by Gasteiger charge is 2.63. The lowest BCUT2D eigenvalue weighted by Crippen LogP contribution is -2.51. The second-order valence-electron chi connectivity index (χ2n) is 12.1. The fraction of sp³-hybridized carbons (Fsp3) is 0.821. The van der Waals surface area contributed by atoms with Crippen LogP contribution in [0.25, 0.3) is 0 Å². The van der Waals surface area contributed by atoms with Gasteiger partial charge in [0.15, 0.2) is 0 Å². The minimum Gasteiger partial charge on any atom is -0.462 e. The second kappa shape index (κ2) is 9.90. The van der Waals surface area contributed by atoms with Crippen molar-refractivity contribution in [2.24, 2.45) is 45.4 Å². The summed E-state index contributed by atoms with van der Waals surface area (Å²) in [7, 11) is 0. The molecule has 0 aromatic heterocycles. The van der Waals surface area contributed by atoms with Gasteiger partial charge < -0.3 is 9.47 Å². The highest BCUT2D eigenvalue weighted by atomic mass is 16.6. The normalized spacial score (nSPS) is 40.7. The Bertz CT molecular complexity index is 975. The van der Waals surface area contributed by atoms with E-state index in [2.05, 4.69) is 24.9 Å². The van der Waals surface area contributed by atoms with Crippen LogP contribution < -0.4 is 0 Å². The molecule has 0 N–H and O–H groups in total. The van der Waals surface area contributed by atoms with E-state index in [0.717, 1.165) is 44.9 Å². The number of nitrogens with zero attached hydrogens (tertiary/aromatic N) is 2. The molecule has 9 atom stereocenters. The van der Waals surface area contributed by atoms with Crippen molar-refractivity contribution < 1.29 is 24.0 Å². The molecule has 200 valence electrons. The van der Waals surface area contributed by atoms with Crippen molar-refractivity contribution in [3.8, 4) is 0 Å². The number of hydrogen-bond acceptors (Lipinski definition) is 6. The second-order valence-corrected chi connectivity index (χ2v) is 12.1. The van der Waals surface area contributed by atoms with Crippen molar-refractivity contribution in [2.45, 2.75) is 98.6 Å². The molecular formula is C28H42N2O6. The lowest BCUT2D eigenvalue weighted by atomic mass is 9.47. The van der Waals surface area contributed by atoms with Gasteiger partial charge in [0.2, 0.25) is 6.04 Å². The van der Waals surface area contributed by atoms with Gasteiger partial charge in [0.1, 0.15) is 6.10 Å². The molecule has 0 aromatic carbocycles. The van der Waals surface area contributed by atoms with Gasteiger partial charge in [-0.25, -0.2) is 4.79 Å². The molecule has 0 aliphatic heterocycles. The minimum absolute atomic E-state index is 0.0323. The van der Waals surface area contributed by atoms with E-state index < -0.39 is 12.1 Å². The number of esters is 1. The molecule has 0 heterocycles. The maximum atomic E-state index is 12.2. The third kappa shape index (κ3) is 4.49. The molecule has 1 amide bonds. The molecule has 4 aliphatic carbocycles. The number of carbonyl (C=O) groups is 2. The van der Waals surface area contributed by atoms with Crippen LogP contribution >= 0.6 is 0 Å². The molecule has 3 fully saturated rings. The fourth-order valence-electron chi connectivity index (χ4n) is 8.85. The van der Waals surface area contributed by atoms with Crippen LogP contribution in [-0.2, 0) is 14.3 Å². The molecule has 0 bridgehead atoms. The summed E-state index contributed by atoms with van der Waals surface area (Å²) >= 11 is 0. The summed E-state index contributed by atoms with van der Waals surface area (Å²) in [6.07, 6.45) is 8.23. The highest BCUT2D eigenvalue weighted by molar-refractivity contribution is 5.94. The number of fused-ring (bicyclic) bond motifs is 5. The summed E-state index contributed by atoms with van der Waals surface area (Å²) in [5.74, 6) is 0.804. The van der Waals surface area contributed by atoms with Crippen molar-refractivity contribution in [2.75, 3.05) is 6.61 Å². The quantitative estimate of drug-likeness (QED) is 0.150. The van der Waals surface area contributed by atoms with Crippen molar-refractivity contribution in [3.05, 3.63) is 21.8 Å². The van der Waals surface area contributed by atoms with Gasteiger partial charge in [-0.05, 0) is 81.0 Å². The van der Waals surface area contributed by atoms with Gasteiger partial charge in [0.25, 0.3) is 0 Å². The smallest absolute Gasteiger partial charge is 0.433 e. The van der Waals surface area contributed by atoms with Crippen LogP contribution in [0, 0.1) is 50.5 Å². The molecule has 0 radical (unpaired) electrons. The average molecular weight is 503 g/mol. The number of nitro groups is 1. The average Bonchev–Trinajstić information content (AvgIpc) is 3.11. The van der Waals surface area contributed by atoms with Crippen molar-refractivity contribution in [1.82, 2.24) is 0 Å². The lowest BCUT2D eigenvalue weighted by molar-refractivity contribution is -0.528. The van der Waals surface area contributed by atoms with Crippen molar-refractivity contribution in [3.63, 3.8) is 0 Å². The van der Waals surface area contributed by atoms with E-state index in [1.165, 1.54) is 12.5 Å². The molecule has 3 saturated carbocycles. The molecule has 0 saturated heterocycles. The Morgan fingerprint density at radius 2 is 1.94 bits per heavy atom. The number of allylic oxidation sites excluding steroid dienone is 1. The van der Waals surface area contributed by atoms with Crippen LogP contribution in [0.5, 0.6) is 0 Å². The molecule has 4 rings (SSSR count). The number of amides is 1. The zero-order chi connectivity index (χ0) is 26.4. The van der Waals surface area contributed by atoms with Gasteiger partial charge in [-0.2, -0.15) is 4.99 Å². The first-order valence-corrected chi connectivity index (χ1v) is 13.6. The summed E-state index contributed by atoms with van der Waals surface area (Å²) in [6, 6.07) is -0.701. The molecule has 8 heteroatoms. The van der Waals surface area contributed by atoms with E-state index in [-0.39, 0.29) is 46.3 Å². The predicted molar refractivity (Wildman–Crippen MR) is 136 cm³/mol. The summed E-state index contributed by atoms with van der Waals surface area (Å²) < 4.78 is 10.6. The monoisotopic (exact) mass is 502 g/mol. The minimum atomic E-state index is -0.701. The maximum absolute atomic E-state index is 12.2. The summed E-state index contributed by atoms with van der Waals surface area (Å²) in [6.45, 7) is 11.7. The fourth-order valence-corrected chi connectivity index (χ4v) is 8.85. The van der Waals surface area contributed by atoms with E-state index in [0.29, 0.717) is 23.5 Å². The first-order chi connectivity index (χ1) is 16.9. The Hall–Kier alpha value is -2.25. The van der Waals surface area contributed by atoms with E-state index in [4.69, 9.17) is 9.47 Å². The van der Waals surface area contributed by atoms with Crippen molar-refractivity contribution in [1.29, 1.82) is 0 Å². The Morgan fingerprint density at radius 3 is 2.58 bits per heavy atom. The Morgan fingerprint density at radius 1 is 1.22 bits per heavy atom. The SMILES string of the molecule is CCOC(=O)/N=C(\C)[C@H]1[C@H](C(C)[N+](=O)[O-])CC2C3CC=C4C[C@@H](OC(C)=O)CC[C@]4(C)C3CC[C@@]21C. The molecule has 0 aromatic rings. The van der Waals surface area contributed by atoms with Crippen LogP contribution in [-0.4, -0.2) is 41.5 Å². The third-order valence-corrected chi connectivity index (χ3v) is 10.4. The molecule has 36 heavy (non-hydrogen) atoms. The van der Waals surface area contributed by atoms with Crippen LogP contribution in [0.15, 0.2) is 16.6 Å². The zero-order valence-electron chi connectivity index (χ0n) is 22.6. The molecular weight excluding hydrogens is 460 g/mol. The summed E-state index contributed by atoms with van der Waals surface area (Å²) in [5.41, 5.74) is 2.04. The largest absolute Gasteiger partial charge is 0.462 e. The van der Waals surface area contributed by atoms with E-state index in [1.807, 2.05) is 6.92 Å². The number of ether oxygens (including phenoxy) is 2. The maximum Gasteiger partial charge on any atom is 0.433 e. The van der Waals surface area contributed by atoms with Gasteiger partial charge in [-0.3, -0.25) is 14.9 Å². The van der Waals surface area contributed by atoms with Crippen LogP contribution in [0.2, 0.25) is 0 Å². The van der Waals surface area contributed by atoms with Crippen LogP contribution in [0.1, 0.15) is 86.5 Å². The standard InChI is InChI=1S/C28H42N2O6/c1-7-35-26(32)29-16(2)25-22(17(3)30(33)34)15-24-21-9-8-19-14-20(36-18(4)31)10-12-27(19,5)23(21)11-13-28(24,25)6/h8,17,20-25H,7,9-15H2,1-6H3/b29-16+/t17?,20-,21?,22-,23?,24?,25-,27-,28-/m0/s1. The lowest BCUT2D eigenvalue weighted by Gasteiger charge is -2.58. The third-order valence-electron chi connectivity index (χ3n) is 10.4. The number of aliphatic imine (C=N–C) groups is 1. The van der Waals surface area contributed by atoms with Gasteiger partial charge in [-0.15, -0.1) is 0 Å². The zero-order valence-corrected chi connectivity index (χ0v) is 22.6. The van der Waals surface area contributed by atoms with Gasteiger partial charge in [0, 0.05) is 42.7 Å². The van der Waals surface area contributed by atoms with Gasteiger partial charge in [-0.1, -0.05) is 25.5 Å². The number of rotatable bonds is 5. The van der Waals surface area contributed by atoms with E-state index in [9.17, 15) is 19.7 Å². The van der Waals surface area contributed by atoms with Gasteiger partial charge >= 0.3 is 12.1 Å². The Labute approximate surface area is 214 Å². The van der Waals surface area contributed by atoms with Crippen LogP contribution in [0.4, 0.5) is 4.79 Å². The Balaban J connectivity index is 1.66. The topological polar surface area (TPSA) is 108 Å². The molecule has 4 aliphatic rings. The molecule has 8 nitrogen and oxygen atoms in total. The predicted octanol–water partition coefficient (Wildman–Crippen LogP) is 6.01. The first-order valence-electron chi connectivity index (χ1n) is 13.6. The molecule has 0 spiro atoms.